The van der Waals surface area contributed by atoms with Gasteiger partial charge in [-0.15, -0.1) is 0 Å². The highest BCUT2D eigenvalue weighted by Gasteiger charge is 2.30. The molecule has 1 N–H and O–H groups in total. The van der Waals surface area contributed by atoms with Crippen LogP contribution in [-0.4, -0.2) is 46.0 Å². The SMILES string of the molecule is CCOC(c1ccn(C)n1)c1nc2cc(-c3noc(=O)[nH]3)nc(-c3cncc(Cl)c3)c2n1C[C@H]1CC[C@H](C)CC1. The van der Waals surface area contributed by atoms with Crippen molar-refractivity contribution in [2.75, 3.05) is 6.61 Å². The molecule has 1 fully saturated rings. The van der Waals surface area contributed by atoms with Gasteiger partial charge in [0, 0.05) is 44.4 Å². The number of aromatic nitrogens is 8. The van der Waals surface area contributed by atoms with Crippen LogP contribution in [0.3, 0.4) is 0 Å². The number of fused-ring (bicyclic) bond motifs is 1. The van der Waals surface area contributed by atoms with E-state index in [1.807, 2.05) is 38.4 Å². The van der Waals surface area contributed by atoms with E-state index >= 15 is 0 Å². The van der Waals surface area contributed by atoms with Crippen molar-refractivity contribution in [3.63, 3.8) is 0 Å². The zero-order valence-electron chi connectivity index (χ0n) is 22.7. The Balaban J connectivity index is 1.61. The van der Waals surface area contributed by atoms with Crippen molar-refractivity contribution in [3.8, 4) is 22.8 Å². The van der Waals surface area contributed by atoms with E-state index in [0.29, 0.717) is 34.5 Å². The topological polar surface area (TPSA) is 130 Å². The van der Waals surface area contributed by atoms with Crippen LogP contribution < -0.4 is 5.76 Å². The van der Waals surface area contributed by atoms with Crippen molar-refractivity contribution >= 4 is 22.6 Å². The average molecular weight is 563 g/mol. The van der Waals surface area contributed by atoms with E-state index in [-0.39, 0.29) is 5.82 Å². The fraction of sp³-hybridized carbons (Fsp3) is 0.429. The Kier molecular flexibility index (Phi) is 7.24. The predicted octanol–water partition coefficient (Wildman–Crippen LogP) is 5.18. The number of halogens is 1. The number of pyridine rings is 2. The van der Waals surface area contributed by atoms with E-state index in [4.69, 9.17) is 30.8 Å². The maximum atomic E-state index is 11.8. The van der Waals surface area contributed by atoms with Gasteiger partial charge in [0.15, 0.2) is 6.10 Å². The van der Waals surface area contributed by atoms with E-state index in [1.54, 1.807) is 17.1 Å². The lowest BCUT2D eigenvalue weighted by atomic mass is 9.83. The third-order valence-corrected chi connectivity index (χ3v) is 7.77. The quantitative estimate of drug-likeness (QED) is 0.274. The number of aromatic amines is 1. The second-order valence-electron chi connectivity index (χ2n) is 10.5. The van der Waals surface area contributed by atoms with Crippen LogP contribution in [0.5, 0.6) is 0 Å². The van der Waals surface area contributed by atoms with Crippen molar-refractivity contribution in [2.24, 2.45) is 18.9 Å². The number of hydrogen-bond acceptors (Lipinski definition) is 8. The summed E-state index contributed by atoms with van der Waals surface area (Å²) in [6, 6.07) is 5.59. The summed E-state index contributed by atoms with van der Waals surface area (Å²) in [6.07, 6.45) is 9.41. The lowest BCUT2D eigenvalue weighted by molar-refractivity contribution is 0.0783. The van der Waals surface area contributed by atoms with Crippen LogP contribution in [0, 0.1) is 11.8 Å². The van der Waals surface area contributed by atoms with Gasteiger partial charge in [0.05, 0.1) is 27.4 Å². The van der Waals surface area contributed by atoms with Crippen LogP contribution in [0.1, 0.15) is 57.2 Å². The zero-order chi connectivity index (χ0) is 27.8. The number of aryl methyl sites for hydroxylation is 1. The molecule has 0 saturated heterocycles. The molecular weight excluding hydrogens is 532 g/mol. The third kappa shape index (κ3) is 5.18. The van der Waals surface area contributed by atoms with Crippen LogP contribution >= 0.6 is 11.6 Å². The summed E-state index contributed by atoms with van der Waals surface area (Å²) in [6.45, 7) is 5.54. The molecule has 1 aliphatic rings. The van der Waals surface area contributed by atoms with E-state index in [9.17, 15) is 4.79 Å². The molecule has 0 radical (unpaired) electrons. The molecule has 5 aromatic heterocycles. The first kappa shape index (κ1) is 26.4. The Morgan fingerprint density at radius 1 is 1.20 bits per heavy atom. The molecule has 5 heterocycles. The Labute approximate surface area is 235 Å². The summed E-state index contributed by atoms with van der Waals surface area (Å²) in [5, 5.41) is 9.02. The first-order valence-corrected chi connectivity index (χ1v) is 14.0. The second kappa shape index (κ2) is 11.0. The Hall–Kier alpha value is -3.83. The number of ether oxygens (including phenoxy) is 1. The maximum Gasteiger partial charge on any atom is 0.439 e. The van der Waals surface area contributed by atoms with Crippen molar-refractivity contribution in [3.05, 3.63) is 63.9 Å². The van der Waals surface area contributed by atoms with E-state index in [0.717, 1.165) is 47.9 Å². The van der Waals surface area contributed by atoms with E-state index in [1.165, 1.54) is 12.8 Å². The highest BCUT2D eigenvalue weighted by molar-refractivity contribution is 6.30. The molecule has 0 spiro atoms. The Bertz CT molecular complexity index is 1700. The molecule has 11 nitrogen and oxygen atoms in total. The lowest BCUT2D eigenvalue weighted by Crippen LogP contribution is -2.21. The molecule has 1 aliphatic carbocycles. The molecule has 5 aromatic rings. The van der Waals surface area contributed by atoms with Gasteiger partial charge in [-0.25, -0.2) is 14.8 Å². The van der Waals surface area contributed by atoms with Gasteiger partial charge in [-0.1, -0.05) is 36.5 Å². The molecule has 0 bridgehead atoms. The second-order valence-corrected chi connectivity index (χ2v) is 11.0. The molecule has 1 atom stereocenters. The number of nitrogens with zero attached hydrogens (tertiary/aromatic N) is 7. The van der Waals surface area contributed by atoms with Crippen LogP contribution in [-0.2, 0) is 18.3 Å². The van der Waals surface area contributed by atoms with Crippen molar-refractivity contribution < 1.29 is 9.26 Å². The Morgan fingerprint density at radius 3 is 2.70 bits per heavy atom. The van der Waals surface area contributed by atoms with Gasteiger partial charge in [0.25, 0.3) is 0 Å². The van der Waals surface area contributed by atoms with Crippen molar-refractivity contribution in [1.29, 1.82) is 0 Å². The summed E-state index contributed by atoms with van der Waals surface area (Å²) in [4.78, 5) is 28.8. The number of imidazole rings is 1. The summed E-state index contributed by atoms with van der Waals surface area (Å²) in [7, 11) is 1.89. The minimum atomic E-state index is -0.660. The largest absolute Gasteiger partial charge is 0.439 e. The average Bonchev–Trinajstić information content (AvgIpc) is 3.67. The van der Waals surface area contributed by atoms with E-state index < -0.39 is 11.9 Å². The number of hydrogen-bond donors (Lipinski definition) is 1. The molecule has 1 saturated carbocycles. The van der Waals surface area contributed by atoms with Gasteiger partial charge in [-0.05, 0) is 49.8 Å². The van der Waals surface area contributed by atoms with Gasteiger partial charge in [0.1, 0.15) is 11.5 Å². The Morgan fingerprint density at radius 2 is 2.02 bits per heavy atom. The summed E-state index contributed by atoms with van der Waals surface area (Å²) in [5.41, 5.74) is 4.07. The smallest absolute Gasteiger partial charge is 0.364 e. The van der Waals surface area contributed by atoms with E-state index in [2.05, 4.69) is 31.7 Å². The molecule has 1 unspecified atom stereocenters. The highest BCUT2D eigenvalue weighted by atomic mass is 35.5. The van der Waals surface area contributed by atoms with Crippen LogP contribution in [0.2, 0.25) is 5.02 Å². The number of nitrogens with one attached hydrogen (secondary N) is 1. The summed E-state index contributed by atoms with van der Waals surface area (Å²) >= 11 is 6.38. The van der Waals surface area contributed by atoms with Crippen LogP contribution in [0.15, 0.2) is 46.1 Å². The van der Waals surface area contributed by atoms with Crippen molar-refractivity contribution in [1.82, 2.24) is 39.4 Å². The van der Waals surface area contributed by atoms with Gasteiger partial charge >= 0.3 is 5.76 Å². The van der Waals surface area contributed by atoms with Gasteiger partial charge < -0.3 is 9.30 Å². The minimum Gasteiger partial charge on any atom is -0.364 e. The third-order valence-electron chi connectivity index (χ3n) is 7.56. The zero-order valence-corrected chi connectivity index (χ0v) is 23.4. The number of rotatable bonds is 8. The van der Waals surface area contributed by atoms with Crippen LogP contribution in [0.25, 0.3) is 33.8 Å². The summed E-state index contributed by atoms with van der Waals surface area (Å²) in [5.74, 6) is 1.52. The van der Waals surface area contributed by atoms with Crippen LogP contribution in [0.4, 0.5) is 0 Å². The molecule has 0 aromatic carbocycles. The van der Waals surface area contributed by atoms with Gasteiger partial charge in [0.2, 0.25) is 5.82 Å². The first-order valence-electron chi connectivity index (χ1n) is 13.6. The number of H-pyrrole nitrogens is 1. The lowest BCUT2D eigenvalue weighted by Gasteiger charge is -2.28. The fourth-order valence-electron chi connectivity index (χ4n) is 5.57. The molecule has 0 amide bonds. The predicted molar refractivity (Wildman–Crippen MR) is 150 cm³/mol. The monoisotopic (exact) mass is 562 g/mol. The fourth-order valence-corrected chi connectivity index (χ4v) is 5.74. The first-order chi connectivity index (χ1) is 19.4. The standard InChI is InChI=1S/C28H31ClN8O3/c1-4-39-25(20-9-10-36(3)34-20)27-32-21-12-22(26-33-28(38)40-35-26)31-23(18-11-19(29)14-30-13-18)24(21)37(27)15-17-7-5-16(2)6-8-17/h9-14,16-17,25H,4-8,15H2,1-3H3,(H,33,35,38)/t16-,17-,25?. The van der Waals surface area contributed by atoms with Gasteiger partial charge in [-0.3, -0.25) is 19.2 Å². The molecule has 12 heteroatoms. The molecular formula is C28H31ClN8O3. The molecule has 6 rings (SSSR count). The highest BCUT2D eigenvalue weighted by Crippen LogP contribution is 2.37. The van der Waals surface area contributed by atoms with Crippen molar-refractivity contribution in [2.45, 2.75) is 52.2 Å². The molecule has 0 aliphatic heterocycles. The molecule has 40 heavy (non-hydrogen) atoms. The summed E-state index contributed by atoms with van der Waals surface area (Å²) < 4.78 is 15.1. The maximum absolute atomic E-state index is 11.8. The molecule has 208 valence electrons. The normalized spacial score (nSPS) is 18.4. The van der Waals surface area contributed by atoms with Gasteiger partial charge in [-0.2, -0.15) is 5.10 Å². The minimum absolute atomic E-state index is 0.214.